The number of likely N-dealkylation sites (tertiary alicyclic amines) is 1. The number of furan rings is 1. The number of hydrogen-bond donors (Lipinski definition) is 2. The van der Waals surface area contributed by atoms with E-state index in [1.54, 1.807) is 48.3 Å². The van der Waals surface area contributed by atoms with Crippen LogP contribution in [0, 0.1) is 0 Å². The van der Waals surface area contributed by atoms with Crippen molar-refractivity contribution in [2.45, 2.75) is 31.4 Å². The highest BCUT2D eigenvalue weighted by molar-refractivity contribution is 5.99. The summed E-state index contributed by atoms with van der Waals surface area (Å²) in [6.45, 7) is 0.651. The first-order valence-electron chi connectivity index (χ1n) is 8.44. The Kier molecular flexibility index (Phi) is 5.19. The third-order valence-electron chi connectivity index (χ3n) is 4.60. The van der Waals surface area contributed by atoms with E-state index in [4.69, 9.17) is 4.42 Å². The molecule has 2 atom stereocenters. The van der Waals surface area contributed by atoms with Gasteiger partial charge in [-0.25, -0.2) is 0 Å². The van der Waals surface area contributed by atoms with Crippen LogP contribution in [-0.4, -0.2) is 41.5 Å². The lowest BCUT2D eigenvalue weighted by molar-refractivity contribution is 0.0641. The first kappa shape index (κ1) is 17.2. The number of amides is 2. The van der Waals surface area contributed by atoms with Gasteiger partial charge in [0.2, 0.25) is 0 Å². The van der Waals surface area contributed by atoms with E-state index in [2.05, 4.69) is 5.32 Å². The Balaban J connectivity index is 1.73. The van der Waals surface area contributed by atoms with E-state index in [1.165, 1.54) is 6.26 Å². The Labute approximate surface area is 146 Å². The molecule has 1 fully saturated rings. The topological polar surface area (TPSA) is 82.8 Å². The summed E-state index contributed by atoms with van der Waals surface area (Å²) in [5.41, 5.74) is 0.945. The maximum Gasteiger partial charge on any atom is 0.254 e. The van der Waals surface area contributed by atoms with E-state index in [-0.39, 0.29) is 17.9 Å². The lowest BCUT2D eigenvalue weighted by Gasteiger charge is -2.26. The van der Waals surface area contributed by atoms with Gasteiger partial charge in [0.1, 0.15) is 11.9 Å². The first-order chi connectivity index (χ1) is 12.1. The van der Waals surface area contributed by atoms with Crippen molar-refractivity contribution in [1.82, 2.24) is 10.2 Å². The van der Waals surface area contributed by atoms with Crippen LogP contribution in [0.5, 0.6) is 0 Å². The number of nitrogens with one attached hydrogen (secondary N) is 1. The zero-order valence-corrected chi connectivity index (χ0v) is 14.1. The van der Waals surface area contributed by atoms with Gasteiger partial charge >= 0.3 is 0 Å². The molecule has 6 nitrogen and oxygen atoms in total. The third kappa shape index (κ3) is 3.74. The molecule has 6 heteroatoms. The molecule has 1 aromatic carbocycles. The Bertz CT molecular complexity index is 742. The van der Waals surface area contributed by atoms with Crippen molar-refractivity contribution < 1.29 is 19.1 Å². The van der Waals surface area contributed by atoms with Crippen LogP contribution in [-0.2, 0) is 0 Å². The molecule has 1 aliphatic rings. The number of rotatable bonds is 5. The van der Waals surface area contributed by atoms with E-state index >= 15 is 0 Å². The van der Waals surface area contributed by atoms with Crippen molar-refractivity contribution in [2.75, 3.05) is 13.6 Å². The normalized spacial score (nSPS) is 18.2. The van der Waals surface area contributed by atoms with Crippen molar-refractivity contribution in [3.8, 4) is 0 Å². The second-order valence-electron chi connectivity index (χ2n) is 6.22. The van der Waals surface area contributed by atoms with Gasteiger partial charge in [0.05, 0.1) is 6.26 Å². The number of aliphatic hydroxyl groups is 1. The van der Waals surface area contributed by atoms with E-state index in [9.17, 15) is 14.7 Å². The van der Waals surface area contributed by atoms with Crippen molar-refractivity contribution in [2.24, 2.45) is 0 Å². The van der Waals surface area contributed by atoms with Crippen LogP contribution in [0.3, 0.4) is 0 Å². The number of carbonyl (C=O) groups excluding carboxylic acids is 2. The van der Waals surface area contributed by atoms with Crippen LogP contribution in [0.25, 0.3) is 0 Å². The summed E-state index contributed by atoms with van der Waals surface area (Å²) in [4.78, 5) is 26.4. The van der Waals surface area contributed by atoms with Gasteiger partial charge in [-0.1, -0.05) is 6.07 Å². The molecule has 2 N–H and O–H groups in total. The van der Waals surface area contributed by atoms with Crippen LogP contribution in [0.2, 0.25) is 0 Å². The van der Waals surface area contributed by atoms with Gasteiger partial charge in [-0.05, 0) is 43.2 Å². The van der Waals surface area contributed by atoms with Crippen molar-refractivity contribution in [3.05, 3.63) is 59.5 Å². The van der Waals surface area contributed by atoms with Crippen LogP contribution in [0.15, 0.2) is 47.1 Å². The molecule has 0 aliphatic carbocycles. The SMILES string of the molecule is CNC(=O)c1cccc(C(=O)N2CCCC2CC(O)c2ccco2)c1. The fourth-order valence-electron chi connectivity index (χ4n) is 3.31. The molecule has 1 aliphatic heterocycles. The monoisotopic (exact) mass is 342 g/mol. The Hall–Kier alpha value is -2.60. The third-order valence-corrected chi connectivity index (χ3v) is 4.60. The molecule has 1 aromatic heterocycles. The van der Waals surface area contributed by atoms with Gasteiger partial charge < -0.3 is 19.7 Å². The average Bonchev–Trinajstić information content (AvgIpc) is 3.32. The van der Waals surface area contributed by atoms with E-state index in [0.717, 1.165) is 12.8 Å². The van der Waals surface area contributed by atoms with Crippen LogP contribution >= 0.6 is 0 Å². The van der Waals surface area contributed by atoms with Gasteiger partial charge in [0.25, 0.3) is 11.8 Å². The number of aliphatic hydroxyl groups excluding tert-OH is 1. The van der Waals surface area contributed by atoms with Crippen LogP contribution in [0.1, 0.15) is 51.8 Å². The predicted octanol–water partition coefficient (Wildman–Crippen LogP) is 2.37. The van der Waals surface area contributed by atoms with Gasteiger partial charge in [-0.15, -0.1) is 0 Å². The number of hydrogen-bond acceptors (Lipinski definition) is 4. The summed E-state index contributed by atoms with van der Waals surface area (Å²) in [7, 11) is 1.56. The molecule has 2 unspecified atom stereocenters. The van der Waals surface area contributed by atoms with Crippen molar-refractivity contribution in [1.29, 1.82) is 0 Å². The lowest BCUT2D eigenvalue weighted by Crippen LogP contribution is -2.36. The summed E-state index contributed by atoms with van der Waals surface area (Å²) in [5, 5.41) is 12.9. The standard InChI is InChI=1S/C19H22N2O4/c1-20-18(23)13-5-2-6-14(11-13)19(24)21-9-3-7-15(21)12-16(22)17-8-4-10-25-17/h2,4-6,8,10-11,15-16,22H,3,7,9,12H2,1H3,(H,20,23). The Morgan fingerprint density at radius 2 is 2.12 bits per heavy atom. The molecule has 2 amide bonds. The summed E-state index contributed by atoms with van der Waals surface area (Å²) < 4.78 is 5.24. The van der Waals surface area contributed by atoms with Gasteiger partial charge in [-0.2, -0.15) is 0 Å². The predicted molar refractivity (Wildman–Crippen MR) is 92.2 cm³/mol. The first-order valence-corrected chi connectivity index (χ1v) is 8.44. The number of carbonyl (C=O) groups is 2. The van der Waals surface area contributed by atoms with Crippen LogP contribution < -0.4 is 5.32 Å². The fraction of sp³-hybridized carbons (Fsp3) is 0.368. The second-order valence-corrected chi connectivity index (χ2v) is 6.22. The molecule has 2 heterocycles. The minimum absolute atomic E-state index is 0.0451. The molecule has 1 saturated heterocycles. The minimum atomic E-state index is -0.731. The molecule has 2 aromatic rings. The highest BCUT2D eigenvalue weighted by Crippen LogP contribution is 2.29. The Morgan fingerprint density at radius 3 is 2.84 bits per heavy atom. The molecule has 0 radical (unpaired) electrons. The van der Waals surface area contributed by atoms with E-state index in [0.29, 0.717) is 29.9 Å². The molecule has 25 heavy (non-hydrogen) atoms. The zero-order valence-electron chi connectivity index (χ0n) is 14.1. The largest absolute Gasteiger partial charge is 0.467 e. The highest BCUT2D eigenvalue weighted by atomic mass is 16.4. The highest BCUT2D eigenvalue weighted by Gasteiger charge is 2.32. The molecular formula is C19H22N2O4. The summed E-state index contributed by atoms with van der Waals surface area (Å²) in [6.07, 6.45) is 2.98. The van der Waals surface area contributed by atoms with Gasteiger partial charge in [0.15, 0.2) is 0 Å². The van der Waals surface area contributed by atoms with Gasteiger partial charge in [0, 0.05) is 37.2 Å². The fourth-order valence-corrected chi connectivity index (χ4v) is 3.31. The second kappa shape index (κ2) is 7.53. The quantitative estimate of drug-likeness (QED) is 0.874. The smallest absolute Gasteiger partial charge is 0.254 e. The van der Waals surface area contributed by atoms with E-state index in [1.807, 2.05) is 0 Å². The molecule has 0 saturated carbocycles. The molecular weight excluding hydrogens is 320 g/mol. The zero-order chi connectivity index (χ0) is 17.8. The molecule has 3 rings (SSSR count). The van der Waals surface area contributed by atoms with E-state index < -0.39 is 6.10 Å². The molecule has 0 spiro atoms. The van der Waals surface area contributed by atoms with Crippen molar-refractivity contribution >= 4 is 11.8 Å². The summed E-state index contributed by atoms with van der Waals surface area (Å²) >= 11 is 0. The molecule has 132 valence electrons. The maximum absolute atomic E-state index is 12.9. The summed E-state index contributed by atoms with van der Waals surface area (Å²) in [5.74, 6) is 0.182. The number of benzene rings is 1. The maximum atomic E-state index is 12.9. The van der Waals surface area contributed by atoms with Gasteiger partial charge in [-0.3, -0.25) is 9.59 Å². The number of nitrogens with zero attached hydrogens (tertiary/aromatic N) is 1. The van der Waals surface area contributed by atoms with Crippen molar-refractivity contribution in [3.63, 3.8) is 0 Å². The Morgan fingerprint density at radius 1 is 1.32 bits per heavy atom. The van der Waals surface area contributed by atoms with Crippen LogP contribution in [0.4, 0.5) is 0 Å². The average molecular weight is 342 g/mol. The lowest BCUT2D eigenvalue weighted by atomic mass is 10.0. The summed E-state index contributed by atoms with van der Waals surface area (Å²) in [6, 6.07) is 10.1. The minimum Gasteiger partial charge on any atom is -0.467 e. The molecule has 0 bridgehead atoms.